The monoisotopic (exact) mass is 222 g/mol. The SMILES string of the molecule is CCOC(=O)Cc1cc(O)n2ncnc2n1. The van der Waals surface area contributed by atoms with E-state index in [4.69, 9.17) is 4.74 Å². The molecule has 0 saturated heterocycles. The number of esters is 1. The van der Waals surface area contributed by atoms with Crippen molar-refractivity contribution in [2.24, 2.45) is 0 Å². The normalized spacial score (nSPS) is 10.6. The second-order valence-corrected chi connectivity index (χ2v) is 3.06. The van der Waals surface area contributed by atoms with Gasteiger partial charge in [-0.1, -0.05) is 0 Å². The Morgan fingerprint density at radius 1 is 1.62 bits per heavy atom. The molecule has 0 bridgehead atoms. The predicted molar refractivity (Wildman–Crippen MR) is 52.8 cm³/mol. The number of carbonyl (C=O) groups is 1. The highest BCUT2D eigenvalue weighted by atomic mass is 16.5. The van der Waals surface area contributed by atoms with Crippen LogP contribution in [0.3, 0.4) is 0 Å². The molecule has 0 aliphatic carbocycles. The van der Waals surface area contributed by atoms with Crippen LogP contribution in [0.2, 0.25) is 0 Å². The lowest BCUT2D eigenvalue weighted by molar-refractivity contribution is -0.142. The van der Waals surface area contributed by atoms with Gasteiger partial charge in [-0.15, -0.1) is 0 Å². The molecule has 0 radical (unpaired) electrons. The summed E-state index contributed by atoms with van der Waals surface area (Å²) in [4.78, 5) is 19.1. The minimum atomic E-state index is -0.390. The molecule has 0 saturated carbocycles. The summed E-state index contributed by atoms with van der Waals surface area (Å²) in [6.07, 6.45) is 1.28. The minimum Gasteiger partial charge on any atom is -0.493 e. The molecule has 0 fully saturated rings. The molecule has 0 aliphatic heterocycles. The Morgan fingerprint density at radius 2 is 2.44 bits per heavy atom. The van der Waals surface area contributed by atoms with E-state index in [9.17, 15) is 9.90 Å². The van der Waals surface area contributed by atoms with Crippen LogP contribution in [0.15, 0.2) is 12.4 Å². The number of aromatic nitrogens is 4. The Kier molecular flexibility index (Phi) is 2.67. The topological polar surface area (TPSA) is 89.6 Å². The van der Waals surface area contributed by atoms with Gasteiger partial charge >= 0.3 is 5.97 Å². The predicted octanol–water partition coefficient (Wildman–Crippen LogP) is -0.0645. The maximum atomic E-state index is 11.2. The van der Waals surface area contributed by atoms with Crippen molar-refractivity contribution in [3.63, 3.8) is 0 Å². The molecule has 2 aromatic rings. The van der Waals surface area contributed by atoms with Crippen LogP contribution in [0.5, 0.6) is 5.88 Å². The number of carbonyl (C=O) groups excluding carboxylic acids is 1. The van der Waals surface area contributed by atoms with E-state index < -0.39 is 5.97 Å². The average Bonchev–Trinajstić information content (AvgIpc) is 2.66. The quantitative estimate of drug-likeness (QED) is 0.731. The molecule has 84 valence electrons. The summed E-state index contributed by atoms with van der Waals surface area (Å²) in [6.45, 7) is 2.04. The maximum Gasteiger partial charge on any atom is 0.311 e. The lowest BCUT2D eigenvalue weighted by Crippen LogP contribution is -2.09. The van der Waals surface area contributed by atoms with Crippen LogP contribution < -0.4 is 0 Å². The molecule has 1 N–H and O–H groups in total. The average molecular weight is 222 g/mol. The molecule has 0 amide bonds. The highest BCUT2D eigenvalue weighted by Crippen LogP contribution is 2.11. The molecule has 2 rings (SSSR count). The van der Waals surface area contributed by atoms with E-state index in [0.717, 1.165) is 0 Å². The highest BCUT2D eigenvalue weighted by molar-refractivity contribution is 5.72. The fraction of sp³-hybridized carbons (Fsp3) is 0.333. The number of rotatable bonds is 3. The molecule has 7 nitrogen and oxygen atoms in total. The fourth-order valence-electron chi connectivity index (χ4n) is 1.29. The van der Waals surface area contributed by atoms with Crippen LogP contribution in [0.4, 0.5) is 0 Å². The van der Waals surface area contributed by atoms with Crippen LogP contribution in [-0.2, 0) is 16.0 Å². The van der Waals surface area contributed by atoms with Gasteiger partial charge in [0.25, 0.3) is 5.78 Å². The standard InChI is InChI=1S/C9H10N4O3/c1-2-16-8(15)4-6-3-7(14)13-9(12-6)10-5-11-13/h3,5,14H,2,4H2,1H3. The van der Waals surface area contributed by atoms with Gasteiger partial charge < -0.3 is 9.84 Å². The van der Waals surface area contributed by atoms with Gasteiger partial charge in [0.15, 0.2) is 0 Å². The molecule has 0 spiro atoms. The van der Waals surface area contributed by atoms with E-state index in [1.54, 1.807) is 6.92 Å². The number of aromatic hydroxyl groups is 1. The molecule has 0 unspecified atom stereocenters. The Balaban J connectivity index is 2.28. The van der Waals surface area contributed by atoms with Crippen molar-refractivity contribution < 1.29 is 14.6 Å². The first-order valence-electron chi connectivity index (χ1n) is 4.75. The number of hydrogen-bond acceptors (Lipinski definition) is 6. The molecule has 0 aromatic carbocycles. The van der Waals surface area contributed by atoms with E-state index in [1.165, 1.54) is 16.9 Å². The van der Waals surface area contributed by atoms with E-state index in [0.29, 0.717) is 12.3 Å². The first kappa shape index (κ1) is 10.3. The molecular formula is C9H10N4O3. The summed E-state index contributed by atoms with van der Waals surface area (Å²) >= 11 is 0. The smallest absolute Gasteiger partial charge is 0.311 e. The van der Waals surface area contributed by atoms with Crippen molar-refractivity contribution in [3.8, 4) is 5.88 Å². The molecule has 16 heavy (non-hydrogen) atoms. The molecule has 0 aliphatic rings. The zero-order valence-electron chi connectivity index (χ0n) is 8.62. The second-order valence-electron chi connectivity index (χ2n) is 3.06. The number of fused-ring (bicyclic) bond motifs is 1. The van der Waals surface area contributed by atoms with Crippen LogP contribution >= 0.6 is 0 Å². The third kappa shape index (κ3) is 1.92. The maximum absolute atomic E-state index is 11.2. The van der Waals surface area contributed by atoms with Crippen LogP contribution in [0.1, 0.15) is 12.6 Å². The summed E-state index contributed by atoms with van der Waals surface area (Å²) in [7, 11) is 0. The van der Waals surface area contributed by atoms with Crippen molar-refractivity contribution >= 4 is 11.7 Å². The van der Waals surface area contributed by atoms with Crippen LogP contribution in [0, 0.1) is 0 Å². The van der Waals surface area contributed by atoms with Crippen LogP contribution in [-0.4, -0.2) is 37.3 Å². The van der Waals surface area contributed by atoms with E-state index in [2.05, 4.69) is 15.1 Å². The Hall–Kier alpha value is -2.18. The number of nitrogens with zero attached hydrogens (tertiary/aromatic N) is 4. The largest absolute Gasteiger partial charge is 0.493 e. The second kappa shape index (κ2) is 4.13. The first-order valence-corrected chi connectivity index (χ1v) is 4.75. The van der Waals surface area contributed by atoms with Crippen molar-refractivity contribution in [3.05, 3.63) is 18.1 Å². The fourth-order valence-corrected chi connectivity index (χ4v) is 1.29. The van der Waals surface area contributed by atoms with Crippen molar-refractivity contribution in [2.45, 2.75) is 13.3 Å². The molecule has 2 aromatic heterocycles. The highest BCUT2D eigenvalue weighted by Gasteiger charge is 2.10. The van der Waals surface area contributed by atoms with Gasteiger partial charge in [0.1, 0.15) is 6.33 Å². The Labute approximate surface area is 90.7 Å². The molecular weight excluding hydrogens is 212 g/mol. The van der Waals surface area contributed by atoms with E-state index in [1.807, 2.05) is 0 Å². The lowest BCUT2D eigenvalue weighted by atomic mass is 10.3. The lowest BCUT2D eigenvalue weighted by Gasteiger charge is -2.02. The van der Waals surface area contributed by atoms with Gasteiger partial charge in [0.05, 0.1) is 18.7 Å². The molecule has 2 heterocycles. The van der Waals surface area contributed by atoms with Crippen molar-refractivity contribution in [2.75, 3.05) is 6.61 Å². The molecule has 7 heteroatoms. The first-order chi connectivity index (χ1) is 7.70. The Bertz CT molecular complexity index is 522. The van der Waals surface area contributed by atoms with E-state index >= 15 is 0 Å². The van der Waals surface area contributed by atoms with Crippen molar-refractivity contribution in [1.82, 2.24) is 19.6 Å². The zero-order chi connectivity index (χ0) is 11.5. The van der Waals surface area contributed by atoms with Gasteiger partial charge in [-0.25, -0.2) is 4.98 Å². The summed E-state index contributed by atoms with van der Waals surface area (Å²) in [5, 5.41) is 13.3. The van der Waals surface area contributed by atoms with Crippen molar-refractivity contribution in [1.29, 1.82) is 0 Å². The Morgan fingerprint density at radius 3 is 3.19 bits per heavy atom. The summed E-state index contributed by atoms with van der Waals surface area (Å²) < 4.78 is 5.95. The third-order valence-electron chi connectivity index (χ3n) is 1.92. The number of hydrogen-bond donors (Lipinski definition) is 1. The van der Waals surface area contributed by atoms with Gasteiger partial charge in [-0.2, -0.15) is 14.6 Å². The van der Waals surface area contributed by atoms with Gasteiger partial charge in [0, 0.05) is 6.07 Å². The van der Waals surface area contributed by atoms with Crippen LogP contribution in [0.25, 0.3) is 5.78 Å². The summed E-state index contributed by atoms with van der Waals surface area (Å²) in [6, 6.07) is 1.36. The number of ether oxygens (including phenoxy) is 1. The van der Waals surface area contributed by atoms with E-state index in [-0.39, 0.29) is 18.1 Å². The minimum absolute atomic E-state index is 0.00472. The third-order valence-corrected chi connectivity index (χ3v) is 1.92. The van der Waals surface area contributed by atoms with Gasteiger partial charge in [-0.05, 0) is 6.92 Å². The van der Waals surface area contributed by atoms with Gasteiger partial charge in [-0.3, -0.25) is 4.79 Å². The molecule has 0 atom stereocenters. The summed E-state index contributed by atoms with van der Waals surface area (Å²) in [5.41, 5.74) is 0.399. The van der Waals surface area contributed by atoms with Gasteiger partial charge in [0.2, 0.25) is 5.88 Å². The summed E-state index contributed by atoms with van der Waals surface area (Å²) in [5.74, 6) is -0.251. The zero-order valence-corrected chi connectivity index (χ0v) is 8.62.